The van der Waals surface area contributed by atoms with Crippen LogP contribution in [0.2, 0.25) is 0 Å². The van der Waals surface area contributed by atoms with Gasteiger partial charge in [0.25, 0.3) is 11.5 Å². The second kappa shape index (κ2) is 8.39. The summed E-state index contributed by atoms with van der Waals surface area (Å²) in [4.78, 5) is 36.5. The number of aromatic nitrogens is 1. The molecule has 0 spiro atoms. The monoisotopic (exact) mass is 415 g/mol. The summed E-state index contributed by atoms with van der Waals surface area (Å²) in [5.74, 6) is -1.29. The van der Waals surface area contributed by atoms with Gasteiger partial charge in [0.2, 0.25) is 0 Å². The summed E-state index contributed by atoms with van der Waals surface area (Å²) in [5.41, 5.74) is 4.17. The van der Waals surface area contributed by atoms with Crippen molar-refractivity contribution in [1.82, 2.24) is 9.99 Å². The molecule has 156 valence electrons. The van der Waals surface area contributed by atoms with Crippen LogP contribution >= 0.6 is 0 Å². The standard InChI is InChI=1S/C24H21N3O4/c1-15-11-19(12-16-7-9-18(10-8-16)24(30)31)23(29)27-21(15)13-20(26-27)22(28)25-14-17-5-3-2-4-6-17/h2-11H,12-14H2,1H3,(H,25,28)(H,30,31). The number of aromatic carboxylic acids is 1. The molecule has 0 atom stereocenters. The summed E-state index contributed by atoms with van der Waals surface area (Å²) in [6.45, 7) is 2.28. The number of hydrogen-bond donors (Lipinski definition) is 2. The molecule has 0 saturated carbocycles. The van der Waals surface area contributed by atoms with Crippen LogP contribution in [0.5, 0.6) is 0 Å². The Labute approximate surface area is 178 Å². The first-order valence-electron chi connectivity index (χ1n) is 9.89. The number of nitrogens with zero attached hydrogens (tertiary/aromatic N) is 2. The third kappa shape index (κ3) is 4.30. The average molecular weight is 415 g/mol. The topological polar surface area (TPSA) is 101 Å². The van der Waals surface area contributed by atoms with E-state index in [1.165, 1.54) is 16.8 Å². The molecule has 2 aromatic carbocycles. The van der Waals surface area contributed by atoms with Gasteiger partial charge in [-0.05, 0) is 41.8 Å². The van der Waals surface area contributed by atoms with E-state index in [1.807, 2.05) is 43.3 Å². The molecule has 1 aliphatic heterocycles. The Balaban J connectivity index is 1.53. The van der Waals surface area contributed by atoms with Gasteiger partial charge in [0.15, 0.2) is 0 Å². The van der Waals surface area contributed by atoms with Crippen molar-refractivity contribution in [2.24, 2.45) is 5.10 Å². The Hall–Kier alpha value is -4.00. The molecule has 2 heterocycles. The molecule has 3 aromatic rings. The second-order valence-electron chi connectivity index (χ2n) is 7.49. The number of hydrogen-bond acceptors (Lipinski definition) is 4. The zero-order chi connectivity index (χ0) is 22.0. The average Bonchev–Trinajstić information content (AvgIpc) is 3.23. The zero-order valence-electron chi connectivity index (χ0n) is 17.0. The van der Waals surface area contributed by atoms with Gasteiger partial charge in [-0.25, -0.2) is 4.79 Å². The van der Waals surface area contributed by atoms with Gasteiger partial charge in [-0.1, -0.05) is 42.5 Å². The van der Waals surface area contributed by atoms with Crippen LogP contribution in [0.3, 0.4) is 0 Å². The summed E-state index contributed by atoms with van der Waals surface area (Å²) in [6.07, 6.45) is 0.653. The van der Waals surface area contributed by atoms with Gasteiger partial charge in [0.1, 0.15) is 5.71 Å². The Kier molecular flexibility index (Phi) is 5.49. The summed E-state index contributed by atoms with van der Waals surface area (Å²) in [7, 11) is 0. The number of aryl methyl sites for hydroxylation is 1. The first-order chi connectivity index (χ1) is 14.9. The van der Waals surface area contributed by atoms with Crippen molar-refractivity contribution >= 4 is 17.6 Å². The summed E-state index contributed by atoms with van der Waals surface area (Å²) in [6, 6.07) is 17.8. The lowest BCUT2D eigenvalue weighted by Gasteiger charge is -2.08. The molecule has 1 aromatic heterocycles. The van der Waals surface area contributed by atoms with Crippen LogP contribution in [0.1, 0.15) is 38.3 Å². The molecule has 31 heavy (non-hydrogen) atoms. The number of benzene rings is 2. The van der Waals surface area contributed by atoms with E-state index >= 15 is 0 Å². The van der Waals surface area contributed by atoms with Crippen molar-refractivity contribution in [3.05, 3.63) is 105 Å². The van der Waals surface area contributed by atoms with Gasteiger partial charge in [-0.2, -0.15) is 9.78 Å². The molecule has 7 heteroatoms. The number of amides is 1. The maximum atomic E-state index is 13.0. The molecule has 1 aliphatic rings. The van der Waals surface area contributed by atoms with Crippen LogP contribution in [0.4, 0.5) is 0 Å². The molecule has 0 aliphatic carbocycles. The normalized spacial score (nSPS) is 12.2. The second-order valence-corrected chi connectivity index (χ2v) is 7.49. The van der Waals surface area contributed by atoms with Gasteiger partial charge in [-0.15, -0.1) is 0 Å². The van der Waals surface area contributed by atoms with Gasteiger partial charge >= 0.3 is 5.97 Å². The quantitative estimate of drug-likeness (QED) is 0.646. The van der Waals surface area contributed by atoms with Crippen LogP contribution in [-0.2, 0) is 24.2 Å². The molecule has 0 radical (unpaired) electrons. The van der Waals surface area contributed by atoms with E-state index in [-0.39, 0.29) is 17.0 Å². The number of carbonyl (C=O) groups is 2. The van der Waals surface area contributed by atoms with Crippen LogP contribution in [0.25, 0.3) is 0 Å². The molecule has 0 unspecified atom stereocenters. The Morgan fingerprint density at radius 2 is 1.77 bits per heavy atom. The maximum Gasteiger partial charge on any atom is 0.335 e. The molecule has 0 saturated heterocycles. The van der Waals surface area contributed by atoms with Crippen molar-refractivity contribution in [2.75, 3.05) is 0 Å². The van der Waals surface area contributed by atoms with E-state index in [9.17, 15) is 14.4 Å². The summed E-state index contributed by atoms with van der Waals surface area (Å²) >= 11 is 0. The Bertz CT molecular complexity index is 1240. The molecule has 7 nitrogen and oxygen atoms in total. The van der Waals surface area contributed by atoms with Crippen molar-refractivity contribution in [3.8, 4) is 0 Å². The van der Waals surface area contributed by atoms with Gasteiger partial charge < -0.3 is 10.4 Å². The molecule has 0 fully saturated rings. The molecule has 4 rings (SSSR count). The fraction of sp³-hybridized carbons (Fsp3) is 0.167. The van der Waals surface area contributed by atoms with Crippen molar-refractivity contribution in [3.63, 3.8) is 0 Å². The predicted molar refractivity (Wildman–Crippen MR) is 116 cm³/mol. The summed E-state index contributed by atoms with van der Waals surface area (Å²) in [5, 5.41) is 16.2. The minimum Gasteiger partial charge on any atom is -0.478 e. The largest absolute Gasteiger partial charge is 0.478 e. The minimum atomic E-state index is -0.993. The third-order valence-corrected chi connectivity index (χ3v) is 5.28. The van der Waals surface area contributed by atoms with E-state index in [0.29, 0.717) is 36.4 Å². The number of fused-ring (bicyclic) bond motifs is 1. The lowest BCUT2D eigenvalue weighted by molar-refractivity contribution is -0.115. The number of carboxylic acids is 1. The van der Waals surface area contributed by atoms with E-state index in [1.54, 1.807) is 12.1 Å². The lowest BCUT2D eigenvalue weighted by Crippen LogP contribution is -2.30. The van der Waals surface area contributed by atoms with E-state index in [0.717, 1.165) is 16.7 Å². The molecule has 2 N–H and O–H groups in total. The zero-order valence-corrected chi connectivity index (χ0v) is 17.0. The highest BCUT2D eigenvalue weighted by atomic mass is 16.4. The highest BCUT2D eigenvalue weighted by Gasteiger charge is 2.24. The fourth-order valence-corrected chi connectivity index (χ4v) is 3.58. The Morgan fingerprint density at radius 1 is 1.06 bits per heavy atom. The number of carboxylic acid groups (broad SMARTS) is 1. The SMILES string of the molecule is Cc1cc(Cc2ccc(C(=O)O)cc2)c(=O)n2c1CC(C(=O)NCc1ccccc1)=N2. The lowest BCUT2D eigenvalue weighted by atomic mass is 10.0. The number of carbonyl (C=O) groups excluding carboxylic acids is 1. The van der Waals surface area contributed by atoms with Crippen LogP contribution < -0.4 is 10.9 Å². The fourth-order valence-electron chi connectivity index (χ4n) is 3.58. The maximum absolute atomic E-state index is 13.0. The van der Waals surface area contributed by atoms with Crippen molar-refractivity contribution in [2.45, 2.75) is 26.3 Å². The molecule has 1 amide bonds. The molecule has 0 bridgehead atoms. The number of nitrogens with one attached hydrogen (secondary N) is 1. The van der Waals surface area contributed by atoms with Gasteiger partial charge in [0.05, 0.1) is 11.3 Å². The highest BCUT2D eigenvalue weighted by molar-refractivity contribution is 6.39. The number of rotatable bonds is 6. The van der Waals surface area contributed by atoms with E-state index < -0.39 is 5.97 Å². The van der Waals surface area contributed by atoms with E-state index in [2.05, 4.69) is 10.4 Å². The van der Waals surface area contributed by atoms with Gasteiger partial charge in [-0.3, -0.25) is 9.59 Å². The third-order valence-electron chi connectivity index (χ3n) is 5.28. The molecular weight excluding hydrogens is 394 g/mol. The first kappa shape index (κ1) is 20.3. The van der Waals surface area contributed by atoms with Crippen LogP contribution in [0.15, 0.2) is 70.6 Å². The van der Waals surface area contributed by atoms with Crippen molar-refractivity contribution in [1.29, 1.82) is 0 Å². The molecular formula is C24H21N3O4. The van der Waals surface area contributed by atoms with Crippen LogP contribution in [0, 0.1) is 6.92 Å². The predicted octanol–water partition coefficient (Wildman–Crippen LogP) is 2.52. The van der Waals surface area contributed by atoms with E-state index in [4.69, 9.17) is 5.11 Å². The number of pyridine rings is 1. The first-order valence-corrected chi connectivity index (χ1v) is 9.89. The highest BCUT2D eigenvalue weighted by Crippen LogP contribution is 2.17. The van der Waals surface area contributed by atoms with Crippen LogP contribution in [-0.4, -0.2) is 27.4 Å². The van der Waals surface area contributed by atoms with Crippen molar-refractivity contribution < 1.29 is 14.7 Å². The smallest absolute Gasteiger partial charge is 0.335 e. The van der Waals surface area contributed by atoms with Gasteiger partial charge in [0, 0.05) is 24.9 Å². The minimum absolute atomic E-state index is 0.196. The summed E-state index contributed by atoms with van der Waals surface area (Å²) < 4.78 is 1.31. The Morgan fingerprint density at radius 3 is 2.45 bits per heavy atom.